The van der Waals surface area contributed by atoms with E-state index in [0.29, 0.717) is 10.0 Å². The molecule has 0 heterocycles. The molecule has 1 nitrogen and oxygen atoms in total. The van der Waals surface area contributed by atoms with Crippen LogP contribution in [0.1, 0.15) is 25.0 Å². The summed E-state index contributed by atoms with van der Waals surface area (Å²) < 4.78 is 0. The lowest BCUT2D eigenvalue weighted by Gasteiger charge is -2.35. The Bertz CT molecular complexity index is 990. The average Bonchev–Trinajstić information content (AvgIpc) is 2.91. The maximum absolute atomic E-state index is 6.62. The van der Waals surface area contributed by atoms with Gasteiger partial charge in [-0.2, -0.15) is 0 Å². The molecule has 3 aromatic rings. The molecule has 0 aromatic heterocycles. The van der Waals surface area contributed by atoms with Crippen molar-refractivity contribution in [2.75, 3.05) is 4.90 Å². The zero-order valence-electron chi connectivity index (χ0n) is 14.7. The summed E-state index contributed by atoms with van der Waals surface area (Å²) in [5, 5.41) is 1.12. The maximum atomic E-state index is 6.62. The van der Waals surface area contributed by atoms with Crippen molar-refractivity contribution >= 4 is 40.7 Å². The third kappa shape index (κ3) is 2.72. The highest BCUT2D eigenvalue weighted by Crippen LogP contribution is 2.48. The lowest BCUT2D eigenvalue weighted by molar-refractivity contribution is 0.626. The topological polar surface area (TPSA) is 3.24 Å². The summed E-state index contributed by atoms with van der Waals surface area (Å²) in [6, 6.07) is 24.6. The van der Waals surface area contributed by atoms with Gasteiger partial charge in [0, 0.05) is 16.8 Å². The third-order valence-electron chi connectivity index (χ3n) is 4.99. The van der Waals surface area contributed by atoms with Crippen LogP contribution in [0.3, 0.4) is 0 Å². The van der Waals surface area contributed by atoms with E-state index < -0.39 is 0 Å². The summed E-state index contributed by atoms with van der Waals surface area (Å²) >= 11 is 13.0. The molecule has 0 atom stereocenters. The Hall–Kier alpha value is -2.22. The van der Waals surface area contributed by atoms with Gasteiger partial charge in [0.2, 0.25) is 0 Å². The van der Waals surface area contributed by atoms with Crippen LogP contribution < -0.4 is 4.90 Å². The van der Waals surface area contributed by atoms with Gasteiger partial charge in [0.25, 0.3) is 0 Å². The minimum absolute atomic E-state index is 0.155. The Labute approximate surface area is 164 Å². The van der Waals surface area contributed by atoms with Crippen molar-refractivity contribution in [3.8, 4) is 0 Å². The van der Waals surface area contributed by atoms with Crippen molar-refractivity contribution < 1.29 is 0 Å². The van der Waals surface area contributed by atoms with E-state index in [1.165, 1.54) is 16.8 Å². The molecule has 0 bridgehead atoms. The second kappa shape index (κ2) is 6.50. The van der Waals surface area contributed by atoms with Crippen LogP contribution in [-0.2, 0) is 5.41 Å². The fraction of sp³-hybridized carbons (Fsp3) is 0.130. The van der Waals surface area contributed by atoms with E-state index in [9.17, 15) is 0 Å². The molecule has 3 aromatic carbocycles. The number of halogens is 2. The van der Waals surface area contributed by atoms with Crippen LogP contribution >= 0.6 is 23.2 Å². The van der Waals surface area contributed by atoms with E-state index in [-0.39, 0.29) is 5.41 Å². The number of anilines is 2. The van der Waals surface area contributed by atoms with Gasteiger partial charge < -0.3 is 4.90 Å². The van der Waals surface area contributed by atoms with Gasteiger partial charge in [-0.3, -0.25) is 0 Å². The molecule has 0 saturated carbocycles. The molecule has 4 rings (SSSR count). The van der Waals surface area contributed by atoms with Gasteiger partial charge in [-0.05, 0) is 41.5 Å². The zero-order valence-corrected chi connectivity index (χ0v) is 16.2. The van der Waals surface area contributed by atoms with E-state index in [1.807, 2.05) is 36.4 Å². The van der Waals surface area contributed by atoms with Gasteiger partial charge in [0.1, 0.15) is 0 Å². The van der Waals surface area contributed by atoms with Gasteiger partial charge in [0.05, 0.1) is 15.7 Å². The summed E-state index contributed by atoms with van der Waals surface area (Å²) in [5.41, 5.74) is 5.52. The van der Waals surface area contributed by atoms with Crippen LogP contribution in [0.15, 0.2) is 78.5 Å². The molecule has 0 aliphatic heterocycles. The first-order chi connectivity index (χ1) is 12.5. The third-order valence-corrected chi connectivity index (χ3v) is 5.80. The summed E-state index contributed by atoms with van der Waals surface area (Å²) in [6.07, 6.45) is 2.25. The van der Waals surface area contributed by atoms with E-state index in [0.717, 1.165) is 11.4 Å². The van der Waals surface area contributed by atoms with E-state index >= 15 is 0 Å². The minimum atomic E-state index is -0.155. The highest BCUT2D eigenvalue weighted by Gasteiger charge is 2.37. The Morgan fingerprint density at radius 2 is 1.46 bits per heavy atom. The fourth-order valence-electron chi connectivity index (χ4n) is 3.65. The maximum Gasteiger partial charge on any atom is 0.0832 e. The molecule has 0 radical (unpaired) electrons. The Morgan fingerprint density at radius 1 is 0.769 bits per heavy atom. The molecule has 0 N–H and O–H groups in total. The van der Waals surface area contributed by atoms with Crippen LogP contribution in [0.4, 0.5) is 11.4 Å². The number of para-hydroxylation sites is 1. The first-order valence-electron chi connectivity index (χ1n) is 8.61. The van der Waals surface area contributed by atoms with Crippen molar-refractivity contribution in [2.45, 2.75) is 19.3 Å². The number of fused-ring (bicyclic) bond motifs is 1. The lowest BCUT2D eigenvalue weighted by Crippen LogP contribution is -2.29. The Kier molecular flexibility index (Phi) is 4.30. The molecule has 130 valence electrons. The molecule has 0 spiro atoms. The average molecular weight is 380 g/mol. The molecule has 1 aliphatic rings. The summed E-state index contributed by atoms with van der Waals surface area (Å²) in [5.74, 6) is 0. The summed E-state index contributed by atoms with van der Waals surface area (Å²) in [6.45, 7) is 4.50. The summed E-state index contributed by atoms with van der Waals surface area (Å²) in [4.78, 5) is 2.22. The van der Waals surface area contributed by atoms with Crippen molar-refractivity contribution in [2.24, 2.45) is 0 Å². The van der Waals surface area contributed by atoms with Crippen molar-refractivity contribution in [3.05, 3.63) is 99.7 Å². The predicted octanol–water partition coefficient (Wildman–Crippen LogP) is 7.46. The molecule has 0 unspecified atom stereocenters. The van der Waals surface area contributed by atoms with Gasteiger partial charge in [-0.1, -0.05) is 85.6 Å². The Morgan fingerprint density at radius 3 is 2.19 bits per heavy atom. The van der Waals surface area contributed by atoms with Crippen LogP contribution in [0.5, 0.6) is 0 Å². The van der Waals surface area contributed by atoms with E-state index in [4.69, 9.17) is 23.2 Å². The molecular formula is C23H19Cl2N. The molecular weight excluding hydrogens is 361 g/mol. The van der Waals surface area contributed by atoms with Gasteiger partial charge >= 0.3 is 0 Å². The minimum Gasteiger partial charge on any atom is -0.312 e. The first kappa shape index (κ1) is 17.2. The fourth-order valence-corrected chi connectivity index (χ4v) is 4.03. The summed E-state index contributed by atoms with van der Waals surface area (Å²) in [7, 11) is 0. The van der Waals surface area contributed by atoms with Crippen LogP contribution in [0, 0.1) is 0 Å². The zero-order chi connectivity index (χ0) is 18.3. The number of rotatable bonds is 3. The quantitative estimate of drug-likeness (QED) is 0.456. The van der Waals surface area contributed by atoms with Crippen molar-refractivity contribution in [1.82, 2.24) is 0 Å². The van der Waals surface area contributed by atoms with Crippen molar-refractivity contribution in [3.63, 3.8) is 0 Å². The Balaban J connectivity index is 1.95. The molecule has 0 amide bonds. The molecule has 3 heteroatoms. The normalized spacial score (nSPS) is 14.7. The lowest BCUT2D eigenvalue weighted by atomic mass is 9.83. The van der Waals surface area contributed by atoms with Crippen LogP contribution in [0.2, 0.25) is 10.0 Å². The highest BCUT2D eigenvalue weighted by molar-refractivity contribution is 6.43. The second-order valence-corrected chi connectivity index (χ2v) is 7.77. The number of benzene rings is 3. The molecule has 0 fully saturated rings. The van der Waals surface area contributed by atoms with Gasteiger partial charge in [-0.15, -0.1) is 0 Å². The monoisotopic (exact) mass is 379 g/mol. The first-order valence-corrected chi connectivity index (χ1v) is 9.36. The predicted molar refractivity (Wildman–Crippen MR) is 112 cm³/mol. The number of hydrogen-bond donors (Lipinski definition) is 0. The number of hydrogen-bond acceptors (Lipinski definition) is 1. The highest BCUT2D eigenvalue weighted by atomic mass is 35.5. The van der Waals surface area contributed by atoms with Gasteiger partial charge in [-0.25, -0.2) is 0 Å². The standard InChI is InChI=1S/C23H19Cl2N/c1-23(2)18-12-7-6-9-16(18)15-21(23)26(17-10-4-3-5-11-17)20-14-8-13-19(24)22(20)25/h3-15H,1-2H3. The van der Waals surface area contributed by atoms with Crippen LogP contribution in [-0.4, -0.2) is 0 Å². The smallest absolute Gasteiger partial charge is 0.0832 e. The van der Waals surface area contributed by atoms with E-state index in [2.05, 4.69) is 61.2 Å². The van der Waals surface area contributed by atoms with E-state index in [1.54, 1.807) is 0 Å². The largest absolute Gasteiger partial charge is 0.312 e. The van der Waals surface area contributed by atoms with Crippen molar-refractivity contribution in [1.29, 1.82) is 0 Å². The molecule has 26 heavy (non-hydrogen) atoms. The number of nitrogens with zero attached hydrogens (tertiary/aromatic N) is 1. The van der Waals surface area contributed by atoms with Gasteiger partial charge in [0.15, 0.2) is 0 Å². The molecule has 0 saturated heterocycles. The van der Waals surface area contributed by atoms with Crippen LogP contribution in [0.25, 0.3) is 6.08 Å². The number of allylic oxidation sites excluding steroid dienone is 1. The molecule has 1 aliphatic carbocycles. The SMILES string of the molecule is CC1(C)C(N(c2ccccc2)c2cccc(Cl)c2Cl)=Cc2ccccc21. The second-order valence-electron chi connectivity index (χ2n) is 6.99.